The number of benzene rings is 2. The Balaban J connectivity index is 1.17. The van der Waals surface area contributed by atoms with Gasteiger partial charge < -0.3 is 29.7 Å². The predicted octanol–water partition coefficient (Wildman–Crippen LogP) is 5.87. The Morgan fingerprint density at radius 3 is 2.29 bits per heavy atom. The number of rotatable bonds is 14. The summed E-state index contributed by atoms with van der Waals surface area (Å²) >= 11 is 0. The van der Waals surface area contributed by atoms with Gasteiger partial charge in [-0.2, -0.15) is 8.42 Å². The summed E-state index contributed by atoms with van der Waals surface area (Å²) in [5.74, 6) is 5.75. The van der Waals surface area contributed by atoms with Crippen molar-refractivity contribution < 1.29 is 46.4 Å². The monoisotopic (exact) mass is 830 g/mol. The highest BCUT2D eigenvalue weighted by Crippen LogP contribution is 2.26. The molecule has 2 aliphatic rings. The second-order valence-corrected chi connectivity index (χ2v) is 17.6. The third-order valence-electron chi connectivity index (χ3n) is 10.2. The highest BCUT2D eigenvalue weighted by atomic mass is 32.2. The molecule has 316 valence electrons. The molecule has 2 fully saturated rings. The van der Waals surface area contributed by atoms with Gasteiger partial charge in [-0.05, 0) is 114 Å². The van der Waals surface area contributed by atoms with Crippen LogP contribution in [0.1, 0.15) is 94.0 Å². The first-order chi connectivity index (χ1) is 28.0. The maximum Gasteiger partial charge on any atom is 0.407 e. The van der Waals surface area contributed by atoms with Crippen LogP contribution in [-0.2, 0) is 33.4 Å². The number of esters is 1. The van der Waals surface area contributed by atoms with Gasteiger partial charge >= 0.3 is 12.1 Å². The third kappa shape index (κ3) is 14.1. The molecule has 3 heterocycles. The number of ether oxygens (including phenoxy) is 2. The van der Waals surface area contributed by atoms with Crippen LogP contribution in [0.2, 0.25) is 0 Å². The molecule has 14 nitrogen and oxygen atoms in total. The second kappa shape index (κ2) is 20.5. The molecule has 3 amide bonds. The van der Waals surface area contributed by atoms with E-state index in [4.69, 9.17) is 13.7 Å². The summed E-state index contributed by atoms with van der Waals surface area (Å²) in [5.41, 5.74) is 2.02. The number of aryl methyl sites for hydroxylation is 1. The van der Waals surface area contributed by atoms with Gasteiger partial charge in [0.25, 0.3) is 10.1 Å². The van der Waals surface area contributed by atoms with Gasteiger partial charge in [0.1, 0.15) is 24.6 Å². The SMILES string of the molecule is Cc1ccc(S(=O)(=O)OCCOc2ccc(C#Cc3cncc([C@H](CC(=O)OC(C)(C)C)NC(=O)[C@@H]4CCCN(C(=O)CCC5CCN(C(=O)O)CC5)C4)c3)cc2)cc1. The summed E-state index contributed by atoms with van der Waals surface area (Å²) in [6.45, 7) is 8.85. The number of aromatic nitrogens is 1. The lowest BCUT2D eigenvalue weighted by atomic mass is 9.91. The van der Waals surface area contributed by atoms with E-state index in [2.05, 4.69) is 22.1 Å². The molecule has 0 spiro atoms. The van der Waals surface area contributed by atoms with E-state index in [0.29, 0.717) is 73.7 Å². The van der Waals surface area contributed by atoms with Crippen LogP contribution in [0.15, 0.2) is 71.9 Å². The van der Waals surface area contributed by atoms with E-state index in [1.165, 1.54) is 17.0 Å². The highest BCUT2D eigenvalue weighted by molar-refractivity contribution is 7.86. The number of carboxylic acid groups (broad SMARTS) is 1. The summed E-state index contributed by atoms with van der Waals surface area (Å²) in [7, 11) is -3.89. The van der Waals surface area contributed by atoms with E-state index in [0.717, 1.165) is 18.4 Å². The summed E-state index contributed by atoms with van der Waals surface area (Å²) < 4.78 is 41.2. The molecule has 1 aromatic heterocycles. The largest absolute Gasteiger partial charge is 0.491 e. The first kappa shape index (κ1) is 44.6. The zero-order valence-corrected chi connectivity index (χ0v) is 35.0. The summed E-state index contributed by atoms with van der Waals surface area (Å²) in [5, 5.41) is 12.3. The Bertz CT molecular complexity index is 2100. The van der Waals surface area contributed by atoms with Crippen molar-refractivity contribution in [2.24, 2.45) is 11.8 Å². The lowest BCUT2D eigenvalue weighted by Gasteiger charge is -2.34. The van der Waals surface area contributed by atoms with Crippen molar-refractivity contribution in [2.45, 2.75) is 89.2 Å². The fourth-order valence-electron chi connectivity index (χ4n) is 6.98. The van der Waals surface area contributed by atoms with E-state index in [1.807, 2.05) is 6.92 Å². The fraction of sp³-hybridized carbons (Fsp3) is 0.477. The van der Waals surface area contributed by atoms with Crippen LogP contribution >= 0.6 is 0 Å². The maximum atomic E-state index is 13.8. The van der Waals surface area contributed by atoms with Gasteiger partial charge in [0, 0.05) is 56.1 Å². The van der Waals surface area contributed by atoms with Crippen molar-refractivity contribution in [3.63, 3.8) is 0 Å². The minimum atomic E-state index is -3.89. The van der Waals surface area contributed by atoms with Gasteiger partial charge in [0.05, 0.1) is 23.3 Å². The first-order valence-corrected chi connectivity index (χ1v) is 21.4. The second-order valence-electron chi connectivity index (χ2n) is 16.0. The summed E-state index contributed by atoms with van der Waals surface area (Å²) in [6, 6.07) is 14.4. The molecule has 2 N–H and O–H groups in total. The van der Waals surface area contributed by atoms with Gasteiger partial charge in [-0.3, -0.25) is 23.6 Å². The number of nitrogens with zero attached hydrogens (tertiary/aromatic N) is 3. The zero-order chi connectivity index (χ0) is 42.6. The lowest BCUT2D eigenvalue weighted by Crippen LogP contribution is -2.46. The number of piperidine rings is 2. The fourth-order valence-corrected chi connectivity index (χ4v) is 7.87. The Kier molecular flexibility index (Phi) is 15.5. The Hall–Kier alpha value is -5.46. The van der Waals surface area contributed by atoms with Gasteiger partial charge in [-0.15, -0.1) is 0 Å². The molecular weight excluding hydrogens is 777 g/mol. The van der Waals surface area contributed by atoms with Gasteiger partial charge in [0.15, 0.2) is 0 Å². The van der Waals surface area contributed by atoms with Crippen LogP contribution < -0.4 is 10.1 Å². The topological polar surface area (TPSA) is 182 Å². The molecule has 0 aliphatic carbocycles. The molecule has 0 bridgehead atoms. The molecule has 0 unspecified atom stereocenters. The Morgan fingerprint density at radius 2 is 1.61 bits per heavy atom. The predicted molar refractivity (Wildman–Crippen MR) is 219 cm³/mol. The van der Waals surface area contributed by atoms with E-state index in [9.17, 15) is 32.7 Å². The number of carbonyl (C=O) groups excluding carboxylic acids is 3. The summed E-state index contributed by atoms with van der Waals surface area (Å²) in [4.78, 5) is 58.9. The van der Waals surface area contributed by atoms with Gasteiger partial charge in [0.2, 0.25) is 11.8 Å². The number of carbonyl (C=O) groups is 4. The Labute approximate surface area is 346 Å². The number of likely N-dealkylation sites (tertiary alicyclic amines) is 2. The zero-order valence-electron chi connectivity index (χ0n) is 34.1. The minimum absolute atomic E-state index is 0.0112. The van der Waals surface area contributed by atoms with Crippen molar-refractivity contribution in [3.8, 4) is 17.6 Å². The van der Waals surface area contributed by atoms with Crippen LogP contribution in [-0.4, -0.2) is 97.2 Å². The smallest absolute Gasteiger partial charge is 0.407 e. The van der Waals surface area contributed by atoms with Crippen LogP contribution in [0.5, 0.6) is 5.75 Å². The van der Waals surface area contributed by atoms with Crippen LogP contribution in [0.4, 0.5) is 4.79 Å². The molecule has 2 aromatic carbocycles. The lowest BCUT2D eigenvalue weighted by molar-refractivity contribution is -0.155. The molecule has 15 heteroatoms. The van der Waals surface area contributed by atoms with Crippen LogP contribution in [0.3, 0.4) is 0 Å². The number of amides is 3. The van der Waals surface area contributed by atoms with E-state index in [1.54, 1.807) is 80.5 Å². The molecule has 3 aromatic rings. The Morgan fingerprint density at radius 1 is 0.915 bits per heavy atom. The van der Waals surface area contributed by atoms with Crippen molar-refractivity contribution in [1.82, 2.24) is 20.1 Å². The van der Waals surface area contributed by atoms with Crippen molar-refractivity contribution in [1.29, 1.82) is 0 Å². The molecule has 2 atom stereocenters. The molecule has 0 radical (unpaired) electrons. The molecule has 2 aliphatic heterocycles. The average Bonchev–Trinajstić information content (AvgIpc) is 3.20. The van der Waals surface area contributed by atoms with E-state index >= 15 is 0 Å². The summed E-state index contributed by atoms with van der Waals surface area (Å²) in [6.07, 6.45) is 5.90. The third-order valence-corrected chi connectivity index (χ3v) is 11.5. The van der Waals surface area contributed by atoms with E-state index in [-0.39, 0.29) is 42.9 Å². The average molecular weight is 831 g/mol. The standard InChI is InChI=1S/C44H54N4O10S/c1-31-7-16-38(17-8-31)59(54,55)57-25-24-56-37-14-11-32(12-15-37)9-10-34-26-36(29-45-28-34)39(27-41(50)58-44(2,3)4)46-42(51)35-6-5-21-48(30-35)40(49)18-13-33-19-22-47(23-20-33)43(52)53/h7-8,11-12,14-17,26,28-29,33,35,39H,5-6,13,18-25,27,30H2,1-4H3,(H,46,51)(H,52,53)/t35-,39+/m1/s1. The molecule has 59 heavy (non-hydrogen) atoms. The maximum absolute atomic E-state index is 13.8. The van der Waals surface area contributed by atoms with E-state index < -0.39 is 39.7 Å². The quantitative estimate of drug-likeness (QED) is 0.0858. The van der Waals surface area contributed by atoms with Crippen LogP contribution in [0.25, 0.3) is 0 Å². The number of hydrogen-bond acceptors (Lipinski definition) is 10. The highest BCUT2D eigenvalue weighted by Gasteiger charge is 2.32. The first-order valence-electron chi connectivity index (χ1n) is 20.0. The van der Waals surface area contributed by atoms with Crippen LogP contribution in [0, 0.1) is 30.6 Å². The van der Waals surface area contributed by atoms with Crippen molar-refractivity contribution in [3.05, 3.63) is 89.2 Å². The molecule has 5 rings (SSSR count). The molecule has 0 saturated carbocycles. The number of nitrogens with one attached hydrogen (secondary N) is 1. The normalized spacial score (nSPS) is 16.6. The van der Waals surface area contributed by atoms with Gasteiger partial charge in [-0.1, -0.05) is 29.5 Å². The minimum Gasteiger partial charge on any atom is -0.491 e. The number of pyridine rings is 1. The van der Waals surface area contributed by atoms with Crippen molar-refractivity contribution in [2.75, 3.05) is 39.4 Å². The van der Waals surface area contributed by atoms with Gasteiger partial charge in [-0.25, -0.2) is 4.79 Å². The molecule has 2 saturated heterocycles. The number of hydrogen-bond donors (Lipinski definition) is 2. The molecular formula is C44H54N4O10S. The van der Waals surface area contributed by atoms with Crippen molar-refractivity contribution >= 4 is 34.0 Å².